The molecule has 0 fully saturated rings. The number of Topliss-reactive ketones (excluding diaryl/α,β-unsaturated/α-hetero) is 1. The number of aromatic hydroxyl groups is 1. The number of aromatic carboxylic acids is 1. The maximum atomic E-state index is 11.2. The Labute approximate surface area is 219 Å². The van der Waals surface area contributed by atoms with E-state index in [-0.39, 0.29) is 35.7 Å². The summed E-state index contributed by atoms with van der Waals surface area (Å²) in [6.45, 7) is 5.26. The number of carboxylic acids is 3. The third-order valence-electron chi connectivity index (χ3n) is 5.06. The Bertz CT molecular complexity index is 801. The molecule has 0 heterocycles. The number of aliphatic carboxylic acids is 2. The molecule has 10 heteroatoms. The number of ketones is 1. The standard InChI is InChI=1S/C16H31NO3.C9H8O4.C2H4O2/c1-2-3-4-5-6-7-8-9-10-11-14-17-15(18)12-13-16(19)20;1-5(10)6-3-2-4-7(8(6)11)9(12)13;1-2(3)4/h2-14H2,1H3,(H,17,18)(H,19,20);2-4,11H,1H3,(H,12,13);1H3,(H,3,4). The van der Waals surface area contributed by atoms with E-state index in [0.29, 0.717) is 6.54 Å². The molecule has 0 aliphatic carbocycles. The van der Waals surface area contributed by atoms with Crippen molar-refractivity contribution in [2.24, 2.45) is 0 Å². The molecule has 1 rings (SSSR count). The van der Waals surface area contributed by atoms with Crippen molar-refractivity contribution in [2.45, 2.75) is 97.8 Å². The second-order valence-corrected chi connectivity index (χ2v) is 8.51. The minimum atomic E-state index is -1.25. The highest BCUT2D eigenvalue weighted by atomic mass is 16.4. The van der Waals surface area contributed by atoms with E-state index < -0.39 is 23.7 Å². The fourth-order valence-corrected chi connectivity index (χ4v) is 3.15. The molecular formula is C27H43NO9. The van der Waals surface area contributed by atoms with Crippen molar-refractivity contribution < 1.29 is 44.4 Å². The van der Waals surface area contributed by atoms with Crippen molar-refractivity contribution in [1.29, 1.82) is 0 Å². The van der Waals surface area contributed by atoms with Gasteiger partial charge in [-0.3, -0.25) is 19.2 Å². The highest BCUT2D eigenvalue weighted by molar-refractivity contribution is 6.01. The molecule has 0 atom stereocenters. The lowest BCUT2D eigenvalue weighted by molar-refractivity contribution is -0.138. The maximum absolute atomic E-state index is 11.2. The van der Waals surface area contributed by atoms with Crippen molar-refractivity contribution in [3.05, 3.63) is 29.3 Å². The SMILES string of the molecule is CC(=O)O.CC(=O)c1cccc(C(=O)O)c1O.CCCCCCCCCCCCNC(=O)CCC(=O)O. The molecule has 210 valence electrons. The molecule has 0 saturated carbocycles. The summed E-state index contributed by atoms with van der Waals surface area (Å²) in [4.78, 5) is 51.9. The summed E-state index contributed by atoms with van der Waals surface area (Å²) in [6, 6.07) is 4.04. The highest BCUT2D eigenvalue weighted by Gasteiger charge is 2.14. The van der Waals surface area contributed by atoms with Crippen LogP contribution in [0, 0.1) is 0 Å². The van der Waals surface area contributed by atoms with Gasteiger partial charge in [-0.05, 0) is 25.5 Å². The third kappa shape index (κ3) is 22.8. The summed E-state index contributed by atoms with van der Waals surface area (Å²) < 4.78 is 0. The first-order valence-corrected chi connectivity index (χ1v) is 12.7. The van der Waals surface area contributed by atoms with Gasteiger partial charge in [-0.15, -0.1) is 0 Å². The Balaban J connectivity index is 0. The van der Waals surface area contributed by atoms with Crippen LogP contribution in [-0.2, 0) is 14.4 Å². The molecule has 0 radical (unpaired) electrons. The fraction of sp³-hybridized carbons (Fsp3) is 0.593. The van der Waals surface area contributed by atoms with E-state index in [1.165, 1.54) is 76.5 Å². The Morgan fingerprint density at radius 3 is 1.62 bits per heavy atom. The molecular weight excluding hydrogens is 482 g/mol. The number of para-hydroxylation sites is 1. The third-order valence-corrected chi connectivity index (χ3v) is 5.06. The average Bonchev–Trinajstić information content (AvgIpc) is 2.81. The number of hydrogen-bond acceptors (Lipinski definition) is 6. The fourth-order valence-electron chi connectivity index (χ4n) is 3.15. The van der Waals surface area contributed by atoms with Gasteiger partial charge in [0.25, 0.3) is 5.97 Å². The quantitative estimate of drug-likeness (QED) is 0.142. The smallest absolute Gasteiger partial charge is 0.339 e. The van der Waals surface area contributed by atoms with Gasteiger partial charge < -0.3 is 25.7 Å². The first-order chi connectivity index (χ1) is 17.4. The molecule has 10 nitrogen and oxygen atoms in total. The van der Waals surface area contributed by atoms with Crippen LogP contribution in [0.25, 0.3) is 0 Å². The van der Waals surface area contributed by atoms with Crippen LogP contribution in [0.4, 0.5) is 0 Å². The van der Waals surface area contributed by atoms with Crippen molar-refractivity contribution in [2.75, 3.05) is 6.54 Å². The number of hydrogen-bond donors (Lipinski definition) is 5. The average molecular weight is 526 g/mol. The molecule has 0 aromatic heterocycles. The number of phenols is 1. The van der Waals surface area contributed by atoms with Gasteiger partial charge in [-0.25, -0.2) is 4.79 Å². The van der Waals surface area contributed by atoms with E-state index in [1.807, 2.05) is 0 Å². The molecule has 0 bridgehead atoms. The minimum Gasteiger partial charge on any atom is -0.506 e. The Hall–Kier alpha value is -3.43. The van der Waals surface area contributed by atoms with Crippen molar-refractivity contribution in [3.63, 3.8) is 0 Å². The van der Waals surface area contributed by atoms with Gasteiger partial charge in [0.15, 0.2) is 5.78 Å². The number of amides is 1. The van der Waals surface area contributed by atoms with Gasteiger partial charge in [0.1, 0.15) is 11.3 Å². The van der Waals surface area contributed by atoms with Crippen LogP contribution in [0.15, 0.2) is 18.2 Å². The zero-order chi connectivity index (χ0) is 28.6. The van der Waals surface area contributed by atoms with Gasteiger partial charge in [0.05, 0.1) is 12.0 Å². The molecule has 1 aromatic carbocycles. The summed E-state index contributed by atoms with van der Waals surface area (Å²) in [6.07, 6.45) is 12.8. The first kappa shape index (κ1) is 35.7. The van der Waals surface area contributed by atoms with Gasteiger partial charge in [0, 0.05) is 19.9 Å². The summed E-state index contributed by atoms with van der Waals surface area (Å²) in [5, 5.41) is 36.5. The predicted molar refractivity (Wildman–Crippen MR) is 140 cm³/mol. The Kier molecular flexibility index (Phi) is 22.2. The number of nitrogens with one attached hydrogen (secondary N) is 1. The molecule has 0 unspecified atom stereocenters. The zero-order valence-electron chi connectivity index (χ0n) is 22.3. The lowest BCUT2D eigenvalue weighted by Gasteiger charge is -2.04. The van der Waals surface area contributed by atoms with E-state index >= 15 is 0 Å². The lowest BCUT2D eigenvalue weighted by atomic mass is 10.1. The second kappa shape index (κ2) is 23.0. The van der Waals surface area contributed by atoms with Gasteiger partial charge in [-0.2, -0.15) is 0 Å². The number of rotatable bonds is 16. The topological polar surface area (TPSA) is 178 Å². The minimum absolute atomic E-state index is 0.0277. The molecule has 0 saturated heterocycles. The van der Waals surface area contributed by atoms with Crippen molar-refractivity contribution in [1.82, 2.24) is 5.32 Å². The number of carbonyl (C=O) groups excluding carboxylic acids is 2. The van der Waals surface area contributed by atoms with Crippen LogP contribution in [-0.4, -0.2) is 56.6 Å². The van der Waals surface area contributed by atoms with Gasteiger partial charge >= 0.3 is 11.9 Å². The normalized spacial score (nSPS) is 9.70. The summed E-state index contributed by atoms with van der Waals surface area (Å²) in [5.41, 5.74) is -0.229. The van der Waals surface area contributed by atoms with E-state index in [9.17, 15) is 24.3 Å². The summed E-state index contributed by atoms with van der Waals surface area (Å²) in [5.74, 6) is -3.98. The van der Waals surface area contributed by atoms with E-state index in [2.05, 4.69) is 12.2 Å². The van der Waals surface area contributed by atoms with Crippen LogP contribution in [0.2, 0.25) is 0 Å². The highest BCUT2D eigenvalue weighted by Crippen LogP contribution is 2.22. The van der Waals surface area contributed by atoms with Crippen LogP contribution < -0.4 is 5.32 Å². The van der Waals surface area contributed by atoms with E-state index in [0.717, 1.165) is 19.8 Å². The molecule has 0 aliphatic rings. The predicted octanol–water partition coefficient (Wildman–Crippen LogP) is 5.27. The van der Waals surface area contributed by atoms with Crippen LogP contribution >= 0.6 is 0 Å². The van der Waals surface area contributed by atoms with Gasteiger partial charge in [0.2, 0.25) is 5.91 Å². The molecule has 0 spiro atoms. The number of carboxylic acid groups (broad SMARTS) is 3. The number of unbranched alkanes of at least 4 members (excludes halogenated alkanes) is 9. The molecule has 1 amide bonds. The van der Waals surface area contributed by atoms with Crippen molar-refractivity contribution in [3.8, 4) is 5.75 Å². The van der Waals surface area contributed by atoms with Crippen LogP contribution in [0.3, 0.4) is 0 Å². The summed E-state index contributed by atoms with van der Waals surface area (Å²) >= 11 is 0. The maximum Gasteiger partial charge on any atom is 0.339 e. The Morgan fingerprint density at radius 1 is 0.730 bits per heavy atom. The molecule has 1 aromatic rings. The van der Waals surface area contributed by atoms with Gasteiger partial charge in [-0.1, -0.05) is 70.8 Å². The lowest BCUT2D eigenvalue weighted by Crippen LogP contribution is -2.24. The van der Waals surface area contributed by atoms with E-state index in [1.54, 1.807) is 0 Å². The summed E-state index contributed by atoms with van der Waals surface area (Å²) in [7, 11) is 0. The van der Waals surface area contributed by atoms with E-state index in [4.69, 9.17) is 20.1 Å². The number of carbonyl (C=O) groups is 5. The molecule has 0 aliphatic heterocycles. The molecule has 5 N–H and O–H groups in total. The van der Waals surface area contributed by atoms with Crippen molar-refractivity contribution >= 4 is 29.6 Å². The first-order valence-electron chi connectivity index (χ1n) is 12.7. The number of benzene rings is 1. The Morgan fingerprint density at radius 2 is 1.19 bits per heavy atom. The molecule has 37 heavy (non-hydrogen) atoms. The zero-order valence-corrected chi connectivity index (χ0v) is 22.3. The second-order valence-electron chi connectivity index (χ2n) is 8.51. The largest absolute Gasteiger partial charge is 0.506 e. The monoisotopic (exact) mass is 525 g/mol. The van der Waals surface area contributed by atoms with Crippen LogP contribution in [0.5, 0.6) is 5.75 Å². The van der Waals surface area contributed by atoms with Crippen LogP contribution in [0.1, 0.15) is 119 Å².